The van der Waals surface area contributed by atoms with Crippen molar-refractivity contribution in [1.29, 1.82) is 0 Å². The molecule has 0 spiro atoms. The van der Waals surface area contributed by atoms with Gasteiger partial charge in [-0.15, -0.1) is 0 Å². The topological polar surface area (TPSA) is 139 Å². The highest BCUT2D eigenvalue weighted by atomic mass is 32.2. The van der Waals surface area contributed by atoms with Crippen molar-refractivity contribution in [3.8, 4) is 0 Å². The van der Waals surface area contributed by atoms with Gasteiger partial charge in [0.1, 0.15) is 0 Å². The molecule has 3 amide bonds. The van der Waals surface area contributed by atoms with Gasteiger partial charge in [0.25, 0.3) is 0 Å². The van der Waals surface area contributed by atoms with Gasteiger partial charge >= 0.3 is 0 Å². The Bertz CT molecular complexity index is 1000. The van der Waals surface area contributed by atoms with Crippen molar-refractivity contribution < 1.29 is 27.5 Å². The predicted molar refractivity (Wildman–Crippen MR) is 122 cm³/mol. The average Bonchev–Trinajstić information content (AvgIpc) is 2.82. The summed E-state index contributed by atoms with van der Waals surface area (Å²) >= 11 is 0. The van der Waals surface area contributed by atoms with Crippen molar-refractivity contribution in [3.63, 3.8) is 0 Å². The number of amides is 3. The second kappa shape index (κ2) is 10.6. The molecule has 0 radical (unpaired) electrons. The molecular weight excluding hydrogens is 448 g/mol. The van der Waals surface area contributed by atoms with Crippen LogP contribution in [0.5, 0.6) is 0 Å². The number of piperidine rings is 2. The number of nitrogens with two attached hydrogens (primary N) is 1. The number of primary amides is 1. The maximum Gasteiger partial charge on any atom is 0.250 e. The zero-order chi connectivity index (χ0) is 24.2. The summed E-state index contributed by atoms with van der Waals surface area (Å²) in [6, 6.07) is 2.96. The van der Waals surface area contributed by atoms with Crippen molar-refractivity contribution in [2.75, 3.05) is 31.6 Å². The molecule has 33 heavy (non-hydrogen) atoms. The van der Waals surface area contributed by atoms with Crippen LogP contribution < -0.4 is 15.4 Å². The smallest absolute Gasteiger partial charge is 0.250 e. The molecule has 2 aliphatic rings. The van der Waals surface area contributed by atoms with E-state index < -0.39 is 27.9 Å². The van der Waals surface area contributed by atoms with Gasteiger partial charge in [-0.25, -0.2) is 8.42 Å². The van der Waals surface area contributed by atoms with E-state index >= 15 is 0 Å². The third-order valence-electron chi connectivity index (χ3n) is 6.26. The molecule has 0 saturated carbocycles. The van der Waals surface area contributed by atoms with E-state index in [0.29, 0.717) is 56.6 Å². The molecule has 3 rings (SSSR count). The highest BCUT2D eigenvalue weighted by Crippen LogP contribution is 2.30. The number of nitrogens with zero attached hydrogens (tertiary/aromatic N) is 2. The summed E-state index contributed by atoms with van der Waals surface area (Å²) in [5, 5.41) is 0. The van der Waals surface area contributed by atoms with Gasteiger partial charge in [-0.05, 0) is 49.8 Å². The molecule has 0 aromatic heterocycles. The van der Waals surface area contributed by atoms with Crippen LogP contribution in [0.3, 0.4) is 0 Å². The molecule has 2 heterocycles. The fraction of sp³-hybridized carbons (Fsp3) is 0.591. The molecular formula is C22H32N4O6S. The molecule has 2 saturated heterocycles. The van der Waals surface area contributed by atoms with Crippen LogP contribution in [0.2, 0.25) is 0 Å². The zero-order valence-corrected chi connectivity index (χ0v) is 19.9. The Balaban J connectivity index is 1.88. The van der Waals surface area contributed by atoms with Crippen molar-refractivity contribution in [2.45, 2.75) is 62.5 Å². The minimum Gasteiger partial charge on any atom is -0.381 e. The number of hydrogen-bond acceptors (Lipinski definition) is 6. The number of anilines is 1. The normalized spacial score (nSPS) is 18.9. The minimum atomic E-state index is -4.29. The number of ether oxygens (including phenoxy) is 1. The maximum absolute atomic E-state index is 13.3. The SMILES string of the molecule is CCc1c(N2CCCCC2=O)cccc1S(=O)(=O)N[C@@H](C(N)=O)C(=O)N1CCC(OC)CC1. The molecule has 1 aromatic rings. The van der Waals surface area contributed by atoms with Gasteiger partial charge < -0.3 is 20.3 Å². The number of hydrogen-bond donors (Lipinski definition) is 2. The molecule has 10 nitrogen and oxygen atoms in total. The Morgan fingerprint density at radius 2 is 1.91 bits per heavy atom. The van der Waals surface area contributed by atoms with E-state index in [0.717, 1.165) is 12.8 Å². The van der Waals surface area contributed by atoms with Crippen LogP contribution in [0, 0.1) is 0 Å². The summed E-state index contributed by atoms with van der Waals surface area (Å²) < 4.78 is 34.1. The maximum atomic E-state index is 13.3. The van der Waals surface area contributed by atoms with Gasteiger partial charge in [0, 0.05) is 38.9 Å². The Hall–Kier alpha value is -2.50. The number of nitrogens with one attached hydrogen (secondary N) is 1. The molecule has 1 atom stereocenters. The van der Waals surface area contributed by atoms with E-state index in [2.05, 4.69) is 4.72 Å². The number of methoxy groups -OCH3 is 1. The fourth-order valence-corrected chi connectivity index (χ4v) is 5.90. The van der Waals surface area contributed by atoms with E-state index in [1.807, 2.05) is 0 Å². The Kier molecular flexibility index (Phi) is 8.09. The van der Waals surface area contributed by atoms with Gasteiger partial charge in [0.2, 0.25) is 27.7 Å². The van der Waals surface area contributed by atoms with Gasteiger partial charge in [-0.1, -0.05) is 13.0 Å². The Labute approximate surface area is 194 Å². The lowest BCUT2D eigenvalue weighted by molar-refractivity contribution is -0.139. The van der Waals surface area contributed by atoms with Crippen molar-refractivity contribution in [2.24, 2.45) is 5.73 Å². The third-order valence-corrected chi connectivity index (χ3v) is 7.76. The lowest BCUT2D eigenvalue weighted by Gasteiger charge is -2.33. The lowest BCUT2D eigenvalue weighted by atomic mass is 10.1. The molecule has 1 aromatic carbocycles. The zero-order valence-electron chi connectivity index (χ0n) is 19.1. The first-order chi connectivity index (χ1) is 15.7. The number of rotatable bonds is 8. The van der Waals surface area contributed by atoms with Gasteiger partial charge in [-0.3, -0.25) is 14.4 Å². The number of sulfonamides is 1. The van der Waals surface area contributed by atoms with Crippen LogP contribution in [0.15, 0.2) is 23.1 Å². The van der Waals surface area contributed by atoms with E-state index in [1.54, 1.807) is 31.1 Å². The summed E-state index contributed by atoms with van der Waals surface area (Å²) in [6.45, 7) is 3.00. The lowest BCUT2D eigenvalue weighted by Crippen LogP contribution is -2.56. The molecule has 0 unspecified atom stereocenters. The quantitative estimate of drug-likeness (QED) is 0.521. The minimum absolute atomic E-state index is 0.0186. The summed E-state index contributed by atoms with van der Waals surface area (Å²) in [6.07, 6.45) is 3.60. The fourth-order valence-electron chi connectivity index (χ4n) is 4.42. The van der Waals surface area contributed by atoms with Crippen molar-refractivity contribution in [3.05, 3.63) is 23.8 Å². The summed E-state index contributed by atoms with van der Waals surface area (Å²) in [7, 11) is -2.69. The van der Waals surface area contributed by atoms with Crippen LogP contribution in [-0.2, 0) is 35.6 Å². The largest absolute Gasteiger partial charge is 0.381 e. The van der Waals surface area contributed by atoms with Crippen LogP contribution in [0.25, 0.3) is 0 Å². The van der Waals surface area contributed by atoms with E-state index in [1.165, 1.54) is 11.0 Å². The second-order valence-corrected chi connectivity index (χ2v) is 10.0. The predicted octanol–water partition coefficient (Wildman–Crippen LogP) is 0.536. The first-order valence-electron chi connectivity index (χ1n) is 11.2. The van der Waals surface area contributed by atoms with Gasteiger partial charge in [0.15, 0.2) is 6.04 Å². The molecule has 3 N–H and O–H groups in total. The van der Waals surface area contributed by atoms with Crippen LogP contribution in [-0.4, -0.2) is 69.9 Å². The first-order valence-corrected chi connectivity index (χ1v) is 12.7. The van der Waals surface area contributed by atoms with Gasteiger partial charge in [0.05, 0.1) is 11.0 Å². The van der Waals surface area contributed by atoms with Crippen molar-refractivity contribution >= 4 is 33.4 Å². The number of benzene rings is 1. The first kappa shape index (κ1) is 25.1. The van der Waals surface area contributed by atoms with Crippen LogP contribution in [0.4, 0.5) is 5.69 Å². The summed E-state index contributed by atoms with van der Waals surface area (Å²) in [5.74, 6) is -1.80. The Morgan fingerprint density at radius 1 is 1.21 bits per heavy atom. The average molecular weight is 481 g/mol. The number of likely N-dealkylation sites (tertiary alicyclic amines) is 1. The summed E-state index contributed by atoms with van der Waals surface area (Å²) in [5.41, 5.74) is 6.42. The highest BCUT2D eigenvalue weighted by molar-refractivity contribution is 7.89. The highest BCUT2D eigenvalue weighted by Gasteiger charge is 2.36. The molecule has 2 aliphatic heterocycles. The standard InChI is InChI=1S/C22H32N4O6S/c1-3-16-17(26-12-5-4-9-19(26)27)7-6-8-18(16)33(30,31)24-20(21(23)28)22(29)25-13-10-15(32-2)11-14-25/h6-8,15,20,24H,3-5,9-14H2,1-2H3,(H2,23,28)/t20-/m0/s1. The molecule has 182 valence electrons. The third kappa shape index (κ3) is 5.53. The Morgan fingerprint density at radius 3 is 2.48 bits per heavy atom. The second-order valence-electron chi connectivity index (χ2n) is 8.33. The summed E-state index contributed by atoms with van der Waals surface area (Å²) in [4.78, 5) is 40.5. The van der Waals surface area contributed by atoms with Gasteiger partial charge in [-0.2, -0.15) is 4.72 Å². The molecule has 11 heteroatoms. The molecule has 2 fully saturated rings. The van der Waals surface area contributed by atoms with E-state index in [-0.39, 0.29) is 16.9 Å². The van der Waals surface area contributed by atoms with E-state index in [9.17, 15) is 22.8 Å². The van der Waals surface area contributed by atoms with Crippen molar-refractivity contribution in [1.82, 2.24) is 9.62 Å². The van der Waals surface area contributed by atoms with Crippen LogP contribution in [0.1, 0.15) is 44.6 Å². The van der Waals surface area contributed by atoms with Crippen LogP contribution >= 0.6 is 0 Å². The molecule has 0 bridgehead atoms. The number of carbonyl (C=O) groups is 3. The molecule has 0 aliphatic carbocycles. The monoisotopic (exact) mass is 480 g/mol. The van der Waals surface area contributed by atoms with E-state index in [4.69, 9.17) is 10.5 Å². The number of carbonyl (C=O) groups excluding carboxylic acids is 3.